The Hall–Kier alpha value is -1.12. The number of nitrogen functional groups attached to an aromatic ring is 1. The minimum atomic E-state index is -3.87. The Morgan fingerprint density at radius 3 is 2.24 bits per heavy atom. The van der Waals surface area contributed by atoms with Crippen LogP contribution in [-0.4, -0.2) is 29.1 Å². The van der Waals surface area contributed by atoms with Crippen molar-refractivity contribution in [1.82, 2.24) is 4.72 Å². The first-order valence-electron chi connectivity index (χ1n) is 6.61. The summed E-state index contributed by atoms with van der Waals surface area (Å²) in [6, 6.07) is 3.40. The molecule has 0 aliphatic rings. The van der Waals surface area contributed by atoms with Gasteiger partial charge >= 0.3 is 0 Å². The van der Waals surface area contributed by atoms with E-state index in [1.165, 1.54) is 12.1 Å². The first-order chi connectivity index (χ1) is 9.49. The summed E-state index contributed by atoms with van der Waals surface area (Å²) in [7, 11) is -7.37. The zero-order valence-corrected chi connectivity index (χ0v) is 14.3. The summed E-state index contributed by atoms with van der Waals surface area (Å²) in [5, 5.41) is 0. The molecule has 0 heterocycles. The van der Waals surface area contributed by atoms with E-state index < -0.39 is 19.9 Å². The van der Waals surface area contributed by atoms with Crippen molar-refractivity contribution >= 4 is 25.5 Å². The molecule has 0 radical (unpaired) electrons. The fourth-order valence-electron chi connectivity index (χ4n) is 1.76. The average Bonchev–Trinajstić information content (AvgIpc) is 2.35. The number of sulfonamides is 1. The molecular formula is C13H22N2O4S2. The van der Waals surface area contributed by atoms with Gasteiger partial charge in [-0.3, -0.25) is 0 Å². The molecular weight excluding hydrogens is 312 g/mol. The lowest BCUT2D eigenvalue weighted by atomic mass is 10.0. The summed E-state index contributed by atoms with van der Waals surface area (Å²) >= 11 is 0. The summed E-state index contributed by atoms with van der Waals surface area (Å²) in [4.78, 5) is -0.283. The monoisotopic (exact) mass is 334 g/mol. The van der Waals surface area contributed by atoms with Crippen LogP contribution in [0.4, 0.5) is 5.69 Å². The van der Waals surface area contributed by atoms with Crippen LogP contribution in [0.2, 0.25) is 0 Å². The number of nitrogens with one attached hydrogen (secondary N) is 1. The predicted molar refractivity (Wildman–Crippen MR) is 83.2 cm³/mol. The van der Waals surface area contributed by atoms with Crippen molar-refractivity contribution in [2.45, 2.75) is 43.0 Å². The Bertz CT molecular complexity index is 712. The van der Waals surface area contributed by atoms with E-state index >= 15 is 0 Å². The van der Waals surface area contributed by atoms with Gasteiger partial charge in [-0.15, -0.1) is 0 Å². The Labute approximate surface area is 126 Å². The van der Waals surface area contributed by atoms with Gasteiger partial charge in [0.2, 0.25) is 10.0 Å². The number of rotatable bonds is 6. The molecule has 0 fully saturated rings. The third kappa shape index (κ3) is 4.42. The van der Waals surface area contributed by atoms with Crippen LogP contribution < -0.4 is 10.5 Å². The molecule has 0 bridgehead atoms. The van der Waals surface area contributed by atoms with Gasteiger partial charge in [0.05, 0.1) is 10.6 Å². The fourth-order valence-corrected chi connectivity index (χ4v) is 3.99. The predicted octanol–water partition coefficient (Wildman–Crippen LogP) is 1.39. The van der Waals surface area contributed by atoms with Crippen molar-refractivity contribution in [1.29, 1.82) is 0 Å². The molecule has 8 heteroatoms. The van der Waals surface area contributed by atoms with E-state index in [-0.39, 0.29) is 27.4 Å². The minimum Gasteiger partial charge on any atom is -0.398 e. The second-order valence-electron chi connectivity index (χ2n) is 5.27. The quantitative estimate of drug-likeness (QED) is 0.765. The second-order valence-corrected chi connectivity index (χ2v) is 8.97. The second kappa shape index (κ2) is 6.33. The van der Waals surface area contributed by atoms with Crippen molar-refractivity contribution in [3.8, 4) is 0 Å². The van der Waals surface area contributed by atoms with E-state index in [1.54, 1.807) is 6.92 Å². The number of anilines is 1. The van der Waals surface area contributed by atoms with Crippen molar-refractivity contribution in [2.24, 2.45) is 5.92 Å². The minimum absolute atomic E-state index is 0.0197. The van der Waals surface area contributed by atoms with Crippen LogP contribution in [0.15, 0.2) is 28.0 Å². The Morgan fingerprint density at radius 2 is 1.76 bits per heavy atom. The first-order valence-corrected chi connectivity index (χ1v) is 9.98. The highest BCUT2D eigenvalue weighted by Gasteiger charge is 2.24. The van der Waals surface area contributed by atoms with Gasteiger partial charge in [-0.25, -0.2) is 21.6 Å². The maximum Gasteiger partial charge on any atom is 0.242 e. The topological polar surface area (TPSA) is 106 Å². The van der Waals surface area contributed by atoms with Gasteiger partial charge in [0.15, 0.2) is 9.84 Å². The molecule has 1 aromatic rings. The van der Waals surface area contributed by atoms with Gasteiger partial charge in [0.1, 0.15) is 4.90 Å². The molecule has 0 spiro atoms. The highest BCUT2D eigenvalue weighted by Crippen LogP contribution is 2.23. The molecule has 120 valence electrons. The van der Waals surface area contributed by atoms with E-state index in [2.05, 4.69) is 4.72 Å². The Kier molecular flexibility index (Phi) is 5.40. The van der Waals surface area contributed by atoms with Gasteiger partial charge < -0.3 is 5.73 Å². The summed E-state index contributed by atoms with van der Waals surface area (Å²) in [5.41, 5.74) is 5.71. The molecule has 0 aromatic heterocycles. The summed E-state index contributed by atoms with van der Waals surface area (Å²) in [5.74, 6) is 0.152. The van der Waals surface area contributed by atoms with Crippen LogP contribution in [0.5, 0.6) is 0 Å². The normalized spacial score (nSPS) is 15.6. The molecule has 0 saturated carbocycles. The highest BCUT2D eigenvalue weighted by molar-refractivity contribution is 7.91. The van der Waals surface area contributed by atoms with Crippen LogP contribution in [0.3, 0.4) is 0 Å². The molecule has 0 amide bonds. The van der Waals surface area contributed by atoms with E-state index in [1.807, 2.05) is 13.8 Å². The summed E-state index contributed by atoms with van der Waals surface area (Å²) in [6.07, 6.45) is 1.84. The lowest BCUT2D eigenvalue weighted by Crippen LogP contribution is -2.37. The molecule has 1 aromatic carbocycles. The summed E-state index contributed by atoms with van der Waals surface area (Å²) in [6.45, 7) is 5.67. The Morgan fingerprint density at radius 1 is 1.19 bits per heavy atom. The smallest absolute Gasteiger partial charge is 0.242 e. The van der Waals surface area contributed by atoms with Gasteiger partial charge in [-0.2, -0.15) is 0 Å². The number of nitrogens with two attached hydrogens (primary N) is 1. The molecule has 6 nitrogen and oxygen atoms in total. The lowest BCUT2D eigenvalue weighted by Gasteiger charge is -2.20. The van der Waals surface area contributed by atoms with Crippen LogP contribution in [-0.2, 0) is 19.9 Å². The third-order valence-electron chi connectivity index (χ3n) is 3.54. The standard InChI is InChI=1S/C13H22N2O4S2/c1-5-9(2)10(3)15-21(18,19)13-8-11(20(4,16)17)6-7-12(13)14/h6-10,15H,5,14H2,1-4H3. The maximum absolute atomic E-state index is 12.4. The van der Waals surface area contributed by atoms with E-state index in [0.717, 1.165) is 18.7 Å². The zero-order valence-electron chi connectivity index (χ0n) is 12.6. The van der Waals surface area contributed by atoms with E-state index in [9.17, 15) is 16.8 Å². The number of benzene rings is 1. The number of hydrogen-bond donors (Lipinski definition) is 2. The molecule has 0 aliphatic carbocycles. The average molecular weight is 334 g/mol. The van der Waals surface area contributed by atoms with E-state index in [4.69, 9.17) is 5.73 Å². The molecule has 21 heavy (non-hydrogen) atoms. The van der Waals surface area contributed by atoms with Crippen LogP contribution in [0.1, 0.15) is 27.2 Å². The van der Waals surface area contributed by atoms with Gasteiger partial charge in [-0.1, -0.05) is 20.3 Å². The number of hydrogen-bond acceptors (Lipinski definition) is 5. The third-order valence-corrected chi connectivity index (χ3v) is 6.27. The van der Waals surface area contributed by atoms with Crippen molar-refractivity contribution in [3.63, 3.8) is 0 Å². The van der Waals surface area contributed by atoms with Crippen molar-refractivity contribution in [2.75, 3.05) is 12.0 Å². The van der Waals surface area contributed by atoms with Gasteiger partial charge in [0.25, 0.3) is 0 Å². The van der Waals surface area contributed by atoms with Crippen LogP contribution in [0, 0.1) is 5.92 Å². The molecule has 1 rings (SSSR count). The zero-order chi connectivity index (χ0) is 16.4. The lowest BCUT2D eigenvalue weighted by molar-refractivity contribution is 0.434. The molecule has 2 atom stereocenters. The van der Waals surface area contributed by atoms with Crippen LogP contribution >= 0.6 is 0 Å². The SMILES string of the molecule is CCC(C)C(C)NS(=O)(=O)c1cc(S(C)(=O)=O)ccc1N. The fraction of sp³-hybridized carbons (Fsp3) is 0.538. The maximum atomic E-state index is 12.4. The van der Waals surface area contributed by atoms with E-state index in [0.29, 0.717) is 0 Å². The highest BCUT2D eigenvalue weighted by atomic mass is 32.2. The van der Waals surface area contributed by atoms with Crippen molar-refractivity contribution < 1.29 is 16.8 Å². The van der Waals surface area contributed by atoms with Gasteiger partial charge in [-0.05, 0) is 31.0 Å². The van der Waals surface area contributed by atoms with Gasteiger partial charge in [0, 0.05) is 12.3 Å². The Balaban J connectivity index is 3.26. The molecule has 2 unspecified atom stereocenters. The summed E-state index contributed by atoms with van der Waals surface area (Å²) < 4.78 is 50.4. The first kappa shape index (κ1) is 17.9. The molecule has 0 saturated heterocycles. The largest absolute Gasteiger partial charge is 0.398 e. The number of sulfone groups is 1. The van der Waals surface area contributed by atoms with Crippen molar-refractivity contribution in [3.05, 3.63) is 18.2 Å². The molecule has 3 N–H and O–H groups in total. The van der Waals surface area contributed by atoms with Crippen LogP contribution in [0.25, 0.3) is 0 Å². The molecule has 0 aliphatic heterocycles.